The molecule has 0 heterocycles. The normalized spacial score (nSPS) is 9.33. The number of carbonyl (C=O) groups is 1. The summed E-state index contributed by atoms with van der Waals surface area (Å²) in [6.07, 6.45) is 3.05. The van der Waals surface area contributed by atoms with Gasteiger partial charge in [-0.2, -0.15) is 0 Å². The Balaban J connectivity index is 2.90. The van der Waals surface area contributed by atoms with Gasteiger partial charge in [-0.15, -0.1) is 0 Å². The van der Waals surface area contributed by atoms with Crippen LogP contribution in [0.4, 0.5) is 0 Å². The van der Waals surface area contributed by atoms with Gasteiger partial charge in [0.05, 0.1) is 12.9 Å². The Labute approximate surface area is 71.8 Å². The number of aliphatic carboxylic acids is 1. The predicted octanol–water partition coefficient (Wildman–Crippen LogP) is 1.03. The zero-order chi connectivity index (χ0) is 9.23. The van der Waals surface area contributed by atoms with Gasteiger partial charge in [0.2, 0.25) is 0 Å². The second-order valence-corrected chi connectivity index (χ2v) is 2.19. The van der Waals surface area contributed by atoms with Crippen molar-refractivity contribution >= 4 is 5.97 Å². The van der Waals surface area contributed by atoms with Crippen molar-refractivity contribution in [3.8, 4) is 0 Å². The average molecular weight is 174 g/mol. The molecule has 0 aromatic rings. The largest absolute Gasteiger partial charge is 0.502 e. The van der Waals surface area contributed by atoms with E-state index in [9.17, 15) is 4.79 Å². The number of hydrogen-bond acceptors (Lipinski definition) is 3. The predicted molar refractivity (Wildman–Crippen MR) is 43.8 cm³/mol. The van der Waals surface area contributed by atoms with Crippen LogP contribution in [0.25, 0.3) is 0 Å². The Morgan fingerprint density at radius 1 is 1.42 bits per heavy atom. The first-order valence-corrected chi connectivity index (χ1v) is 3.79. The monoisotopic (exact) mass is 174 g/mol. The third kappa shape index (κ3) is 8.97. The van der Waals surface area contributed by atoms with Crippen molar-refractivity contribution in [1.82, 2.24) is 0 Å². The molecule has 0 amide bonds. The van der Waals surface area contributed by atoms with Gasteiger partial charge in [-0.05, 0) is 12.8 Å². The molecule has 0 rings (SSSR count). The van der Waals surface area contributed by atoms with Gasteiger partial charge in [0, 0.05) is 6.61 Å². The fourth-order valence-corrected chi connectivity index (χ4v) is 0.632. The minimum Gasteiger partial charge on any atom is -0.502 e. The first-order chi connectivity index (χ1) is 5.77. The Morgan fingerprint density at radius 2 is 2.08 bits per heavy atom. The highest BCUT2D eigenvalue weighted by Crippen LogP contribution is 1.91. The zero-order valence-electron chi connectivity index (χ0n) is 6.99. The highest BCUT2D eigenvalue weighted by molar-refractivity contribution is 5.67. The number of ether oxygens (including phenoxy) is 2. The van der Waals surface area contributed by atoms with Gasteiger partial charge >= 0.3 is 5.97 Å². The molecule has 0 aliphatic rings. The molecule has 0 fully saturated rings. The van der Waals surface area contributed by atoms with Gasteiger partial charge in [0.15, 0.2) is 0 Å². The van der Waals surface area contributed by atoms with Crippen molar-refractivity contribution < 1.29 is 19.4 Å². The van der Waals surface area contributed by atoms with Gasteiger partial charge < -0.3 is 14.6 Å². The van der Waals surface area contributed by atoms with E-state index >= 15 is 0 Å². The van der Waals surface area contributed by atoms with Gasteiger partial charge in [-0.3, -0.25) is 0 Å². The quantitative estimate of drug-likeness (QED) is 0.441. The smallest absolute Gasteiger partial charge is 0.329 e. The van der Waals surface area contributed by atoms with Crippen molar-refractivity contribution in [2.24, 2.45) is 0 Å². The molecule has 0 aromatic heterocycles. The Bertz CT molecular complexity index is 133. The van der Waals surface area contributed by atoms with E-state index in [2.05, 4.69) is 6.58 Å². The number of rotatable bonds is 8. The summed E-state index contributed by atoms with van der Waals surface area (Å²) in [4.78, 5) is 9.97. The summed E-state index contributed by atoms with van der Waals surface area (Å²) < 4.78 is 9.65. The van der Waals surface area contributed by atoms with Crippen LogP contribution in [-0.4, -0.2) is 30.9 Å². The molecule has 0 radical (unpaired) electrons. The fourth-order valence-electron chi connectivity index (χ4n) is 0.632. The lowest BCUT2D eigenvalue weighted by atomic mass is 10.3. The van der Waals surface area contributed by atoms with E-state index in [1.54, 1.807) is 0 Å². The zero-order valence-corrected chi connectivity index (χ0v) is 6.99. The summed E-state index contributed by atoms with van der Waals surface area (Å²) in [5.74, 6) is -0.933. The summed E-state index contributed by atoms with van der Waals surface area (Å²) in [5.41, 5.74) is 0. The molecule has 0 aliphatic heterocycles. The topological polar surface area (TPSA) is 55.8 Å². The van der Waals surface area contributed by atoms with E-state index in [4.69, 9.17) is 14.6 Å². The maximum Gasteiger partial charge on any atom is 0.329 e. The highest BCUT2D eigenvalue weighted by atomic mass is 16.5. The van der Waals surface area contributed by atoms with E-state index in [1.807, 2.05) is 0 Å². The van der Waals surface area contributed by atoms with Crippen molar-refractivity contribution in [3.05, 3.63) is 12.8 Å². The van der Waals surface area contributed by atoms with E-state index in [-0.39, 0.29) is 6.61 Å². The van der Waals surface area contributed by atoms with Crippen LogP contribution < -0.4 is 0 Å². The number of unbranched alkanes of at least 4 members (excludes halogenated alkanes) is 1. The Morgan fingerprint density at radius 3 is 2.67 bits per heavy atom. The van der Waals surface area contributed by atoms with Crippen LogP contribution in [0.3, 0.4) is 0 Å². The lowest BCUT2D eigenvalue weighted by molar-refractivity contribution is -0.142. The molecule has 70 valence electrons. The van der Waals surface area contributed by atoms with Gasteiger partial charge in [0.1, 0.15) is 6.61 Å². The second kappa shape index (κ2) is 8.07. The maximum atomic E-state index is 9.97. The highest BCUT2D eigenvalue weighted by Gasteiger charge is 1.95. The lowest BCUT2D eigenvalue weighted by Crippen LogP contribution is -2.07. The molecular weight excluding hydrogens is 160 g/mol. The average Bonchev–Trinajstić information content (AvgIpc) is 2.02. The van der Waals surface area contributed by atoms with E-state index in [1.165, 1.54) is 6.26 Å². The van der Waals surface area contributed by atoms with Gasteiger partial charge in [0.25, 0.3) is 0 Å². The number of carboxylic acid groups (broad SMARTS) is 1. The lowest BCUT2D eigenvalue weighted by Gasteiger charge is -2.00. The van der Waals surface area contributed by atoms with Crippen LogP contribution >= 0.6 is 0 Å². The standard InChI is InChI=1S/C8H14O4/c1-2-11-5-3-4-6-12-7-8(9)10/h2H,1,3-7H2,(H,9,10). The molecule has 4 heteroatoms. The number of hydrogen-bond donors (Lipinski definition) is 1. The molecule has 12 heavy (non-hydrogen) atoms. The van der Waals surface area contributed by atoms with Gasteiger partial charge in [-0.1, -0.05) is 6.58 Å². The molecule has 0 saturated carbocycles. The van der Waals surface area contributed by atoms with Crippen LogP contribution in [0.1, 0.15) is 12.8 Å². The summed E-state index contributed by atoms with van der Waals surface area (Å²) in [7, 11) is 0. The molecule has 4 nitrogen and oxygen atoms in total. The van der Waals surface area contributed by atoms with Crippen LogP contribution in [0.2, 0.25) is 0 Å². The summed E-state index contributed by atoms with van der Waals surface area (Å²) in [6.45, 7) is 4.24. The Hall–Kier alpha value is -1.03. The molecule has 0 aliphatic carbocycles. The van der Waals surface area contributed by atoms with Crippen molar-refractivity contribution in [1.29, 1.82) is 0 Å². The first kappa shape index (κ1) is 11.0. The molecular formula is C8H14O4. The van der Waals surface area contributed by atoms with E-state index < -0.39 is 5.97 Å². The minimum absolute atomic E-state index is 0.220. The summed E-state index contributed by atoms with van der Waals surface area (Å²) >= 11 is 0. The van der Waals surface area contributed by atoms with Crippen LogP contribution in [-0.2, 0) is 14.3 Å². The third-order valence-electron chi connectivity index (χ3n) is 1.14. The molecule has 0 saturated heterocycles. The van der Waals surface area contributed by atoms with E-state index in [0.717, 1.165) is 12.8 Å². The second-order valence-electron chi connectivity index (χ2n) is 2.19. The van der Waals surface area contributed by atoms with Crippen LogP contribution in [0, 0.1) is 0 Å². The third-order valence-corrected chi connectivity index (χ3v) is 1.14. The molecule has 0 unspecified atom stereocenters. The van der Waals surface area contributed by atoms with E-state index in [0.29, 0.717) is 13.2 Å². The van der Waals surface area contributed by atoms with Gasteiger partial charge in [-0.25, -0.2) is 4.79 Å². The SMILES string of the molecule is C=COCCCCOCC(=O)O. The number of carboxylic acids is 1. The van der Waals surface area contributed by atoms with Crippen molar-refractivity contribution in [2.45, 2.75) is 12.8 Å². The van der Waals surface area contributed by atoms with Crippen molar-refractivity contribution in [2.75, 3.05) is 19.8 Å². The first-order valence-electron chi connectivity index (χ1n) is 3.79. The molecule has 0 aromatic carbocycles. The molecule has 0 bridgehead atoms. The molecule has 0 atom stereocenters. The maximum absolute atomic E-state index is 9.97. The van der Waals surface area contributed by atoms with Crippen molar-refractivity contribution in [3.63, 3.8) is 0 Å². The molecule has 0 spiro atoms. The minimum atomic E-state index is -0.933. The Kier molecular flexibility index (Phi) is 7.38. The summed E-state index contributed by atoms with van der Waals surface area (Å²) in [6, 6.07) is 0. The van der Waals surface area contributed by atoms with Crippen LogP contribution in [0.15, 0.2) is 12.8 Å². The fraction of sp³-hybridized carbons (Fsp3) is 0.625. The summed E-state index contributed by atoms with van der Waals surface area (Å²) in [5, 5.41) is 8.19. The van der Waals surface area contributed by atoms with Crippen LogP contribution in [0.5, 0.6) is 0 Å². The molecule has 1 N–H and O–H groups in total.